The predicted molar refractivity (Wildman–Crippen MR) is 114 cm³/mol. The van der Waals surface area contributed by atoms with E-state index < -0.39 is 5.60 Å². The smallest absolute Gasteiger partial charge is 0.334 e. The molecule has 1 saturated heterocycles. The van der Waals surface area contributed by atoms with E-state index in [-0.39, 0.29) is 12.6 Å². The number of cyclic esters (lactones) is 1. The van der Waals surface area contributed by atoms with Crippen molar-refractivity contribution < 1.29 is 14.6 Å². The third kappa shape index (κ3) is 11.4. The summed E-state index contributed by atoms with van der Waals surface area (Å²) in [6.07, 6.45) is 25.1. The summed E-state index contributed by atoms with van der Waals surface area (Å²) in [6, 6.07) is 0. The maximum absolute atomic E-state index is 11.7. The third-order valence-corrected chi connectivity index (χ3v) is 5.36. The van der Waals surface area contributed by atoms with Crippen LogP contribution >= 0.6 is 0 Å². The Morgan fingerprint density at radius 2 is 1.41 bits per heavy atom. The van der Waals surface area contributed by atoms with Crippen molar-refractivity contribution in [3.05, 3.63) is 23.8 Å². The minimum absolute atomic E-state index is 0.108. The van der Waals surface area contributed by atoms with Crippen molar-refractivity contribution in [1.29, 1.82) is 0 Å². The summed E-state index contributed by atoms with van der Waals surface area (Å²) in [5, 5.41) is 9.26. The van der Waals surface area contributed by atoms with Gasteiger partial charge in [0.2, 0.25) is 0 Å². The Bertz CT molecular complexity index is 453. The number of esters is 1. The molecular formula is C24H42O3. The summed E-state index contributed by atoms with van der Waals surface area (Å²) < 4.78 is 5.23. The molecule has 0 aromatic heterocycles. The number of unbranched alkanes of at least 4 members (excludes halogenated alkanes) is 12. The Balaban J connectivity index is 1.90. The maximum Gasteiger partial charge on any atom is 0.334 e. The van der Waals surface area contributed by atoms with E-state index in [1.54, 1.807) is 6.92 Å². The molecule has 1 rings (SSSR count). The van der Waals surface area contributed by atoms with Gasteiger partial charge in [-0.3, -0.25) is 0 Å². The van der Waals surface area contributed by atoms with Crippen LogP contribution in [0.15, 0.2) is 23.8 Å². The van der Waals surface area contributed by atoms with E-state index in [2.05, 4.69) is 19.1 Å². The fourth-order valence-electron chi connectivity index (χ4n) is 3.54. The Morgan fingerprint density at radius 1 is 0.889 bits per heavy atom. The molecule has 1 N–H and O–H groups in total. The first-order valence-electron chi connectivity index (χ1n) is 11.3. The second-order valence-corrected chi connectivity index (χ2v) is 8.28. The van der Waals surface area contributed by atoms with E-state index in [1.165, 1.54) is 77.0 Å². The van der Waals surface area contributed by atoms with E-state index in [1.807, 2.05) is 6.08 Å². The molecule has 0 aromatic rings. The van der Waals surface area contributed by atoms with Crippen LogP contribution in [0, 0.1) is 0 Å². The Labute approximate surface area is 167 Å². The number of aliphatic hydroxyl groups excluding tert-OH is 1. The maximum atomic E-state index is 11.7. The number of ether oxygens (including phenoxy) is 1. The zero-order chi connectivity index (χ0) is 19.8. The highest BCUT2D eigenvalue weighted by Gasteiger charge is 2.38. The predicted octanol–water partition coefficient (Wildman–Crippen LogP) is 6.65. The number of hydrogen-bond acceptors (Lipinski definition) is 3. The fraction of sp³-hybridized carbons (Fsp3) is 0.792. The summed E-state index contributed by atoms with van der Waals surface area (Å²) in [5.74, 6) is -0.251. The molecule has 0 radical (unpaired) electrons. The van der Waals surface area contributed by atoms with Crippen LogP contribution in [0.3, 0.4) is 0 Å². The lowest BCUT2D eigenvalue weighted by molar-refractivity contribution is -0.148. The highest BCUT2D eigenvalue weighted by Crippen LogP contribution is 2.30. The van der Waals surface area contributed by atoms with Crippen LogP contribution in [-0.4, -0.2) is 23.3 Å². The van der Waals surface area contributed by atoms with Crippen LogP contribution in [0.4, 0.5) is 0 Å². The molecule has 1 aliphatic rings. The van der Waals surface area contributed by atoms with E-state index in [0.717, 1.165) is 18.4 Å². The molecule has 3 heteroatoms. The molecule has 0 amide bonds. The van der Waals surface area contributed by atoms with Crippen LogP contribution < -0.4 is 0 Å². The third-order valence-electron chi connectivity index (χ3n) is 5.36. The summed E-state index contributed by atoms with van der Waals surface area (Å²) >= 11 is 0. The summed E-state index contributed by atoms with van der Waals surface area (Å²) in [6.45, 7) is 3.94. The molecule has 1 atom stereocenters. The highest BCUT2D eigenvalue weighted by atomic mass is 16.6. The topological polar surface area (TPSA) is 46.5 Å². The van der Waals surface area contributed by atoms with Gasteiger partial charge in [0.1, 0.15) is 5.60 Å². The van der Waals surface area contributed by atoms with Crippen molar-refractivity contribution in [2.24, 2.45) is 0 Å². The van der Waals surface area contributed by atoms with Crippen LogP contribution in [0.1, 0.15) is 110 Å². The molecule has 0 spiro atoms. The number of aliphatic hydroxyl groups is 1. The molecule has 1 fully saturated rings. The lowest BCUT2D eigenvalue weighted by Gasteiger charge is -2.17. The summed E-state index contributed by atoms with van der Waals surface area (Å²) in [7, 11) is 0. The molecule has 0 bridgehead atoms. The molecule has 0 aliphatic carbocycles. The zero-order valence-corrected chi connectivity index (χ0v) is 17.8. The second kappa shape index (κ2) is 14.9. The van der Waals surface area contributed by atoms with Gasteiger partial charge in [0.25, 0.3) is 0 Å². The number of hydrogen-bond donors (Lipinski definition) is 1. The van der Waals surface area contributed by atoms with Crippen molar-refractivity contribution in [2.75, 3.05) is 6.61 Å². The second-order valence-electron chi connectivity index (χ2n) is 8.28. The molecule has 156 valence electrons. The van der Waals surface area contributed by atoms with Gasteiger partial charge in [0, 0.05) is 12.0 Å². The van der Waals surface area contributed by atoms with Crippen LogP contribution in [0.2, 0.25) is 0 Å². The number of rotatable bonds is 16. The largest absolute Gasteiger partial charge is 0.453 e. The Morgan fingerprint density at radius 3 is 1.93 bits per heavy atom. The van der Waals surface area contributed by atoms with Crippen molar-refractivity contribution in [2.45, 2.75) is 116 Å². The van der Waals surface area contributed by atoms with Crippen molar-refractivity contribution >= 4 is 5.97 Å². The zero-order valence-electron chi connectivity index (χ0n) is 17.8. The van der Waals surface area contributed by atoms with Gasteiger partial charge in [-0.2, -0.15) is 0 Å². The molecule has 1 heterocycles. The molecule has 0 saturated carbocycles. The average Bonchev–Trinajstić information content (AvgIpc) is 2.96. The lowest BCUT2D eigenvalue weighted by atomic mass is 9.99. The molecule has 0 aromatic carbocycles. The van der Waals surface area contributed by atoms with Gasteiger partial charge >= 0.3 is 5.97 Å². The van der Waals surface area contributed by atoms with E-state index in [4.69, 9.17) is 4.74 Å². The molecule has 0 unspecified atom stereocenters. The van der Waals surface area contributed by atoms with Gasteiger partial charge in [0.05, 0.1) is 6.61 Å². The standard InChI is InChI=1S/C24H42O3/c1-3-4-5-6-7-8-9-10-11-12-13-14-15-16-17-18-19-22-20-24(2,21-25)27-23(22)26/h10-11,19,25H,3-9,12-18,20-21H2,1-2H3/b11-10-,22-19-/t24-/m1/s1. The van der Waals surface area contributed by atoms with Gasteiger partial charge in [-0.1, -0.05) is 76.5 Å². The summed E-state index contributed by atoms with van der Waals surface area (Å²) in [5.41, 5.74) is 0.0351. The first kappa shape index (κ1) is 23.9. The quantitative estimate of drug-likeness (QED) is 0.142. The molecule has 27 heavy (non-hydrogen) atoms. The van der Waals surface area contributed by atoms with Crippen LogP contribution in [0.5, 0.6) is 0 Å². The minimum atomic E-state index is -0.703. The molecule has 1 aliphatic heterocycles. The SMILES string of the molecule is CCCCCCCC/C=C\CCCCCCC/C=C1/C[C@](C)(CO)OC1=O. The van der Waals surface area contributed by atoms with Gasteiger partial charge in [-0.05, 0) is 45.4 Å². The molecule has 3 nitrogen and oxygen atoms in total. The van der Waals surface area contributed by atoms with Crippen LogP contribution in [0.25, 0.3) is 0 Å². The van der Waals surface area contributed by atoms with E-state index >= 15 is 0 Å². The normalized spacial score (nSPS) is 21.4. The fourth-order valence-corrected chi connectivity index (χ4v) is 3.54. The van der Waals surface area contributed by atoms with Gasteiger partial charge < -0.3 is 9.84 Å². The number of carbonyl (C=O) groups is 1. The van der Waals surface area contributed by atoms with Gasteiger partial charge in [-0.25, -0.2) is 4.79 Å². The van der Waals surface area contributed by atoms with Gasteiger partial charge in [0.15, 0.2) is 0 Å². The highest BCUT2D eigenvalue weighted by molar-refractivity contribution is 5.91. The van der Waals surface area contributed by atoms with Crippen molar-refractivity contribution in [3.63, 3.8) is 0 Å². The van der Waals surface area contributed by atoms with E-state index in [0.29, 0.717) is 6.42 Å². The van der Waals surface area contributed by atoms with E-state index in [9.17, 15) is 9.90 Å². The first-order chi connectivity index (χ1) is 13.1. The monoisotopic (exact) mass is 378 g/mol. The van der Waals surface area contributed by atoms with Crippen molar-refractivity contribution in [1.82, 2.24) is 0 Å². The Kier molecular flexibility index (Phi) is 13.2. The lowest BCUT2D eigenvalue weighted by Crippen LogP contribution is -2.28. The summed E-state index contributed by atoms with van der Waals surface area (Å²) in [4.78, 5) is 11.7. The van der Waals surface area contributed by atoms with Crippen molar-refractivity contribution in [3.8, 4) is 0 Å². The number of allylic oxidation sites excluding steroid dienone is 3. The minimum Gasteiger partial charge on any atom is -0.453 e. The average molecular weight is 379 g/mol. The van der Waals surface area contributed by atoms with Gasteiger partial charge in [-0.15, -0.1) is 0 Å². The number of carbonyl (C=O) groups excluding carboxylic acids is 1. The van der Waals surface area contributed by atoms with Crippen LogP contribution in [-0.2, 0) is 9.53 Å². The Hall–Kier alpha value is -1.09. The molecular weight excluding hydrogens is 336 g/mol. The first-order valence-corrected chi connectivity index (χ1v) is 11.3.